The van der Waals surface area contributed by atoms with Crippen LogP contribution >= 0.6 is 11.3 Å². The number of aryl methyl sites for hydroxylation is 2. The topological polar surface area (TPSA) is 71.8 Å². The van der Waals surface area contributed by atoms with Gasteiger partial charge in [0.05, 0.1) is 11.1 Å². The van der Waals surface area contributed by atoms with Crippen molar-refractivity contribution in [1.29, 1.82) is 0 Å². The second-order valence-corrected chi connectivity index (χ2v) is 8.45. The first-order valence-electron chi connectivity index (χ1n) is 9.73. The second-order valence-electron chi connectivity index (χ2n) is 7.37. The quantitative estimate of drug-likeness (QED) is 0.429. The van der Waals surface area contributed by atoms with E-state index in [0.717, 1.165) is 45.7 Å². The summed E-state index contributed by atoms with van der Waals surface area (Å²) in [7, 11) is 0. The molecule has 0 spiro atoms. The number of H-pyrrole nitrogens is 1. The van der Waals surface area contributed by atoms with Crippen molar-refractivity contribution in [3.63, 3.8) is 0 Å². The van der Waals surface area contributed by atoms with Gasteiger partial charge < -0.3 is 0 Å². The lowest BCUT2D eigenvalue weighted by Gasteiger charge is -1.98. The Morgan fingerprint density at radius 3 is 2.83 bits per heavy atom. The molecule has 4 aromatic heterocycles. The highest BCUT2D eigenvalue weighted by molar-refractivity contribution is 7.19. The molecule has 0 saturated carbocycles. The van der Waals surface area contributed by atoms with Crippen LogP contribution in [0.1, 0.15) is 29.7 Å². The molecule has 5 aromatic rings. The fourth-order valence-electron chi connectivity index (χ4n) is 4.05. The van der Waals surface area contributed by atoms with Gasteiger partial charge in [-0.1, -0.05) is 6.42 Å². The third-order valence-electron chi connectivity index (χ3n) is 5.50. The third kappa shape index (κ3) is 2.74. The molecule has 0 fully saturated rings. The van der Waals surface area contributed by atoms with Gasteiger partial charge in [-0.25, -0.2) is 18.9 Å². The molecule has 0 atom stereocenters. The van der Waals surface area contributed by atoms with Crippen LogP contribution in [0, 0.1) is 5.82 Å². The summed E-state index contributed by atoms with van der Waals surface area (Å²) in [5, 5.41) is 13.1. The van der Waals surface area contributed by atoms with Gasteiger partial charge in [-0.3, -0.25) is 5.10 Å². The van der Waals surface area contributed by atoms with E-state index in [4.69, 9.17) is 4.98 Å². The van der Waals surface area contributed by atoms with Crippen molar-refractivity contribution in [2.24, 2.45) is 0 Å². The lowest BCUT2D eigenvalue weighted by molar-refractivity contribution is 0.628. The van der Waals surface area contributed by atoms with Crippen LogP contribution in [-0.4, -0.2) is 29.8 Å². The molecule has 29 heavy (non-hydrogen) atoms. The van der Waals surface area contributed by atoms with Gasteiger partial charge in [0.1, 0.15) is 22.7 Å². The van der Waals surface area contributed by atoms with Gasteiger partial charge in [0.25, 0.3) is 0 Å². The van der Waals surface area contributed by atoms with Crippen LogP contribution in [0.25, 0.3) is 38.6 Å². The highest BCUT2D eigenvalue weighted by atomic mass is 32.1. The summed E-state index contributed by atoms with van der Waals surface area (Å²) < 4.78 is 14.9. The molecule has 6 rings (SSSR count). The summed E-state index contributed by atoms with van der Waals surface area (Å²) in [4.78, 5) is 11.9. The maximum absolute atomic E-state index is 13.2. The van der Waals surface area contributed by atoms with Crippen molar-refractivity contribution >= 4 is 27.2 Å². The molecule has 1 aliphatic carbocycles. The van der Waals surface area contributed by atoms with Gasteiger partial charge in [0, 0.05) is 10.4 Å². The fraction of sp³-hybridized carbons (Fsp3) is 0.238. The predicted octanol–water partition coefficient (Wildman–Crippen LogP) is 4.80. The molecule has 1 N–H and O–H groups in total. The van der Waals surface area contributed by atoms with Gasteiger partial charge in [-0.2, -0.15) is 5.10 Å². The zero-order valence-electron chi connectivity index (χ0n) is 15.5. The van der Waals surface area contributed by atoms with E-state index in [2.05, 4.69) is 20.3 Å². The highest BCUT2D eigenvalue weighted by Crippen LogP contribution is 2.36. The first-order chi connectivity index (χ1) is 14.3. The van der Waals surface area contributed by atoms with Crippen molar-refractivity contribution in [2.45, 2.75) is 32.1 Å². The van der Waals surface area contributed by atoms with E-state index in [1.54, 1.807) is 34.3 Å². The Balaban J connectivity index is 1.47. The third-order valence-corrected chi connectivity index (χ3v) is 6.70. The molecule has 6 nitrogen and oxygen atoms in total. The van der Waals surface area contributed by atoms with Gasteiger partial charge in [-0.05, 0) is 61.6 Å². The maximum atomic E-state index is 13.2. The molecule has 8 heteroatoms. The monoisotopic (exact) mass is 404 g/mol. The molecule has 0 saturated heterocycles. The van der Waals surface area contributed by atoms with E-state index in [1.807, 2.05) is 6.07 Å². The zero-order chi connectivity index (χ0) is 19.4. The lowest BCUT2D eigenvalue weighted by Crippen LogP contribution is -1.92. The molecule has 0 bridgehead atoms. The van der Waals surface area contributed by atoms with Crippen LogP contribution in [-0.2, 0) is 12.8 Å². The summed E-state index contributed by atoms with van der Waals surface area (Å²) in [5.41, 5.74) is 4.54. The fourth-order valence-corrected chi connectivity index (χ4v) is 5.27. The normalized spacial score (nSPS) is 14.4. The average Bonchev–Trinajstić information content (AvgIpc) is 3.41. The van der Waals surface area contributed by atoms with E-state index in [9.17, 15) is 4.39 Å². The summed E-state index contributed by atoms with van der Waals surface area (Å²) in [6.45, 7) is 0. The summed E-state index contributed by atoms with van der Waals surface area (Å²) in [6, 6.07) is 8.16. The minimum atomic E-state index is -0.266. The molecule has 1 aliphatic rings. The largest absolute Gasteiger partial charge is 0.274 e. The van der Waals surface area contributed by atoms with Crippen molar-refractivity contribution in [2.75, 3.05) is 0 Å². The van der Waals surface area contributed by atoms with E-state index >= 15 is 0 Å². The SMILES string of the molecule is Fc1ccc(-c2cc(-c3nc4c5c6c(sc5ncn4n3)CCCCC6)[nH]n2)cc1. The number of rotatable bonds is 2. The van der Waals surface area contributed by atoms with Gasteiger partial charge >= 0.3 is 0 Å². The first kappa shape index (κ1) is 16.8. The number of nitrogens with zero attached hydrogens (tertiary/aromatic N) is 5. The van der Waals surface area contributed by atoms with Gasteiger partial charge in [-0.15, -0.1) is 16.4 Å². The Bertz CT molecular complexity index is 1350. The number of nitrogens with one attached hydrogen (secondary N) is 1. The molecule has 0 aliphatic heterocycles. The number of benzene rings is 1. The molecule has 0 radical (unpaired) electrons. The highest BCUT2D eigenvalue weighted by Gasteiger charge is 2.20. The molecular formula is C21H17FN6S. The standard InChI is InChI=1S/C21H17FN6S/c22-13-8-6-12(7-9-13)15-10-16(26-25-15)19-24-20-18-14-4-2-1-3-5-17(14)29-21(18)23-11-28(20)27-19/h6-11H,1-5H2,(H,25,26). The number of aromatic nitrogens is 6. The Morgan fingerprint density at radius 2 is 1.93 bits per heavy atom. The van der Waals surface area contributed by atoms with Crippen molar-refractivity contribution < 1.29 is 4.39 Å². The van der Waals surface area contributed by atoms with Crippen LogP contribution < -0.4 is 0 Å². The number of halogens is 1. The second kappa shape index (κ2) is 6.45. The van der Waals surface area contributed by atoms with Crippen LogP contribution in [0.3, 0.4) is 0 Å². The van der Waals surface area contributed by atoms with Crippen molar-refractivity contribution in [3.05, 3.63) is 52.9 Å². The summed E-state index contributed by atoms with van der Waals surface area (Å²) in [5.74, 6) is 0.312. The predicted molar refractivity (Wildman–Crippen MR) is 110 cm³/mol. The Labute approximate surface area is 169 Å². The summed E-state index contributed by atoms with van der Waals surface area (Å²) in [6.07, 6.45) is 7.68. The molecule has 1 aromatic carbocycles. The number of hydrogen-bond donors (Lipinski definition) is 1. The van der Waals surface area contributed by atoms with E-state index < -0.39 is 0 Å². The van der Waals surface area contributed by atoms with Crippen LogP contribution in [0.2, 0.25) is 0 Å². The summed E-state index contributed by atoms with van der Waals surface area (Å²) >= 11 is 1.79. The smallest absolute Gasteiger partial charge is 0.200 e. The minimum absolute atomic E-state index is 0.266. The van der Waals surface area contributed by atoms with Crippen LogP contribution in [0.15, 0.2) is 36.7 Å². The molecule has 4 heterocycles. The molecule has 0 unspecified atom stereocenters. The van der Waals surface area contributed by atoms with Gasteiger partial charge in [0.15, 0.2) is 11.5 Å². The minimum Gasteiger partial charge on any atom is -0.274 e. The maximum Gasteiger partial charge on any atom is 0.200 e. The lowest BCUT2D eigenvalue weighted by atomic mass is 10.1. The Hall–Kier alpha value is -3.13. The van der Waals surface area contributed by atoms with Crippen LogP contribution in [0.5, 0.6) is 0 Å². The number of aromatic amines is 1. The number of hydrogen-bond acceptors (Lipinski definition) is 5. The van der Waals surface area contributed by atoms with Gasteiger partial charge in [0.2, 0.25) is 0 Å². The zero-order valence-corrected chi connectivity index (χ0v) is 16.3. The average molecular weight is 404 g/mol. The van der Waals surface area contributed by atoms with Crippen molar-refractivity contribution in [1.82, 2.24) is 29.8 Å². The molecule has 144 valence electrons. The van der Waals surface area contributed by atoms with E-state index in [1.165, 1.54) is 41.8 Å². The van der Waals surface area contributed by atoms with Crippen LogP contribution in [0.4, 0.5) is 4.39 Å². The number of fused-ring (bicyclic) bond motifs is 5. The van der Waals surface area contributed by atoms with E-state index in [-0.39, 0.29) is 5.82 Å². The first-order valence-corrected chi connectivity index (χ1v) is 10.6. The van der Waals surface area contributed by atoms with E-state index in [0.29, 0.717) is 5.82 Å². The Morgan fingerprint density at radius 1 is 1.07 bits per heavy atom. The van der Waals surface area contributed by atoms with Crippen molar-refractivity contribution in [3.8, 4) is 22.8 Å². The Kier molecular flexibility index (Phi) is 3.73. The number of thiophene rings is 1. The molecule has 0 amide bonds. The molecular weight excluding hydrogens is 387 g/mol.